The van der Waals surface area contributed by atoms with E-state index in [0.29, 0.717) is 25.2 Å². The van der Waals surface area contributed by atoms with Crippen LogP contribution >= 0.6 is 0 Å². The second-order valence-electron chi connectivity index (χ2n) is 8.78. The van der Waals surface area contributed by atoms with Crippen molar-refractivity contribution in [3.8, 4) is 0 Å². The fraction of sp³-hybridized carbons (Fsp3) is 0.480. The molecule has 4 rings (SSSR count). The van der Waals surface area contributed by atoms with Gasteiger partial charge in [0.1, 0.15) is 0 Å². The maximum Gasteiger partial charge on any atom is 0.251 e. The monoisotopic (exact) mass is 455 g/mol. The van der Waals surface area contributed by atoms with Crippen LogP contribution in [0.3, 0.4) is 0 Å². The zero-order chi connectivity index (χ0) is 22.4. The molecule has 0 saturated carbocycles. The minimum Gasteiger partial charge on any atom is -0.348 e. The molecule has 2 fully saturated rings. The van der Waals surface area contributed by atoms with E-state index in [4.69, 9.17) is 0 Å². The van der Waals surface area contributed by atoms with Crippen LogP contribution in [0.2, 0.25) is 0 Å². The molecule has 2 saturated heterocycles. The van der Waals surface area contributed by atoms with Crippen molar-refractivity contribution in [2.45, 2.75) is 56.5 Å². The zero-order valence-corrected chi connectivity index (χ0v) is 19.4. The second-order valence-corrected chi connectivity index (χ2v) is 10.7. The summed E-state index contributed by atoms with van der Waals surface area (Å²) in [6.45, 7) is 4.67. The number of rotatable bonds is 7. The predicted molar refractivity (Wildman–Crippen MR) is 126 cm³/mol. The fourth-order valence-corrected chi connectivity index (χ4v) is 6.14. The Labute approximate surface area is 191 Å². The van der Waals surface area contributed by atoms with E-state index in [2.05, 4.69) is 22.3 Å². The number of nitrogens with zero attached hydrogens (tertiary/aromatic N) is 2. The average molecular weight is 456 g/mol. The quantitative estimate of drug-likeness (QED) is 0.690. The molecule has 172 valence electrons. The summed E-state index contributed by atoms with van der Waals surface area (Å²) < 4.78 is 27.5. The normalized spacial score (nSPS) is 18.4. The Kier molecular flexibility index (Phi) is 7.60. The maximum absolute atomic E-state index is 13.0. The minimum atomic E-state index is -3.56. The lowest BCUT2D eigenvalue weighted by Crippen LogP contribution is -2.35. The molecule has 0 spiro atoms. The van der Waals surface area contributed by atoms with Gasteiger partial charge >= 0.3 is 0 Å². The minimum absolute atomic E-state index is 0.192. The summed E-state index contributed by atoms with van der Waals surface area (Å²) in [6.07, 6.45) is 6.63. The van der Waals surface area contributed by atoms with Gasteiger partial charge in [-0.3, -0.25) is 9.69 Å². The van der Waals surface area contributed by atoms with Crippen molar-refractivity contribution in [1.82, 2.24) is 14.5 Å². The summed E-state index contributed by atoms with van der Waals surface area (Å²) in [4.78, 5) is 15.5. The molecular weight excluding hydrogens is 422 g/mol. The van der Waals surface area contributed by atoms with E-state index in [9.17, 15) is 13.2 Å². The van der Waals surface area contributed by atoms with Gasteiger partial charge in [0.25, 0.3) is 5.91 Å². The maximum atomic E-state index is 13.0. The summed E-state index contributed by atoms with van der Waals surface area (Å²) in [5.74, 6) is -0.256. The van der Waals surface area contributed by atoms with E-state index in [1.165, 1.54) is 35.2 Å². The molecule has 2 aliphatic heterocycles. The average Bonchev–Trinajstić information content (AvgIpc) is 2.84. The molecule has 2 heterocycles. The zero-order valence-electron chi connectivity index (χ0n) is 18.6. The predicted octanol–water partition coefficient (Wildman–Crippen LogP) is 3.78. The van der Waals surface area contributed by atoms with Crippen molar-refractivity contribution in [2.24, 2.45) is 0 Å². The molecule has 2 aromatic carbocycles. The molecule has 2 aromatic rings. The van der Waals surface area contributed by atoms with Crippen LogP contribution in [0.25, 0.3) is 0 Å². The third-order valence-electron chi connectivity index (χ3n) is 6.45. The molecule has 0 bridgehead atoms. The topological polar surface area (TPSA) is 69.7 Å². The number of nitrogens with one attached hydrogen (secondary N) is 1. The van der Waals surface area contributed by atoms with Crippen LogP contribution in [0.4, 0.5) is 0 Å². The highest BCUT2D eigenvalue weighted by Crippen LogP contribution is 2.22. The summed E-state index contributed by atoms with van der Waals surface area (Å²) in [5, 5.41) is 2.99. The first kappa shape index (κ1) is 23.0. The summed E-state index contributed by atoms with van der Waals surface area (Å²) in [6, 6.07) is 14.6. The van der Waals surface area contributed by atoms with Crippen molar-refractivity contribution in [3.63, 3.8) is 0 Å². The van der Waals surface area contributed by atoms with Crippen LogP contribution in [-0.2, 0) is 23.1 Å². The molecule has 32 heavy (non-hydrogen) atoms. The molecule has 0 aromatic heterocycles. The molecule has 1 amide bonds. The van der Waals surface area contributed by atoms with Crippen LogP contribution in [0.1, 0.15) is 60.0 Å². The summed E-state index contributed by atoms with van der Waals surface area (Å²) in [5.41, 5.74) is 2.70. The van der Waals surface area contributed by atoms with Crippen LogP contribution in [0, 0.1) is 0 Å². The molecular formula is C25H33N3O3S. The van der Waals surface area contributed by atoms with E-state index in [-0.39, 0.29) is 10.8 Å². The molecule has 6 nitrogen and oxygen atoms in total. The van der Waals surface area contributed by atoms with Crippen LogP contribution in [0.5, 0.6) is 0 Å². The van der Waals surface area contributed by atoms with Crippen molar-refractivity contribution in [1.29, 1.82) is 0 Å². The first-order valence-corrected chi connectivity index (χ1v) is 13.2. The van der Waals surface area contributed by atoms with E-state index in [1.54, 1.807) is 18.2 Å². The number of likely N-dealkylation sites (tertiary alicyclic amines) is 1. The van der Waals surface area contributed by atoms with Gasteiger partial charge in [-0.1, -0.05) is 43.2 Å². The van der Waals surface area contributed by atoms with Crippen LogP contribution < -0.4 is 5.32 Å². The Hall–Kier alpha value is -2.22. The van der Waals surface area contributed by atoms with Crippen LogP contribution in [-0.4, -0.2) is 49.7 Å². The van der Waals surface area contributed by atoms with Crippen molar-refractivity contribution >= 4 is 15.9 Å². The molecule has 7 heteroatoms. The van der Waals surface area contributed by atoms with Gasteiger partial charge in [-0.2, -0.15) is 4.31 Å². The van der Waals surface area contributed by atoms with E-state index in [1.807, 2.05) is 12.1 Å². The highest BCUT2D eigenvalue weighted by Gasteiger charge is 2.26. The van der Waals surface area contributed by atoms with Gasteiger partial charge < -0.3 is 5.32 Å². The highest BCUT2D eigenvalue weighted by atomic mass is 32.2. The number of hydrogen-bond donors (Lipinski definition) is 1. The number of amides is 1. The van der Waals surface area contributed by atoms with Gasteiger partial charge in [-0.05, 0) is 68.1 Å². The van der Waals surface area contributed by atoms with Gasteiger partial charge in [0, 0.05) is 31.7 Å². The molecule has 0 atom stereocenters. The third kappa shape index (κ3) is 5.57. The second kappa shape index (κ2) is 10.6. The lowest BCUT2D eigenvalue weighted by molar-refractivity contribution is 0.0950. The first-order chi connectivity index (χ1) is 15.5. The number of carbonyl (C=O) groups is 1. The molecule has 2 aliphatic rings. The lowest BCUT2D eigenvalue weighted by atomic mass is 10.0. The van der Waals surface area contributed by atoms with Gasteiger partial charge in [0.05, 0.1) is 4.90 Å². The van der Waals surface area contributed by atoms with Gasteiger partial charge in [0.15, 0.2) is 0 Å². The molecule has 0 radical (unpaired) electrons. The Morgan fingerprint density at radius 2 is 1.47 bits per heavy atom. The number of hydrogen-bond acceptors (Lipinski definition) is 4. The van der Waals surface area contributed by atoms with E-state index < -0.39 is 10.0 Å². The first-order valence-electron chi connectivity index (χ1n) is 11.7. The van der Waals surface area contributed by atoms with Gasteiger partial charge in [0.2, 0.25) is 10.0 Å². The smallest absolute Gasteiger partial charge is 0.251 e. The number of sulfonamides is 1. The Balaban J connectivity index is 1.42. The number of piperidine rings is 2. The largest absolute Gasteiger partial charge is 0.348 e. The van der Waals surface area contributed by atoms with E-state index in [0.717, 1.165) is 44.5 Å². The van der Waals surface area contributed by atoms with Crippen molar-refractivity contribution in [3.05, 3.63) is 65.2 Å². The van der Waals surface area contributed by atoms with Gasteiger partial charge in [-0.25, -0.2) is 8.42 Å². The molecule has 0 unspecified atom stereocenters. The Bertz CT molecular complexity index is 1030. The van der Waals surface area contributed by atoms with Crippen LogP contribution in [0.15, 0.2) is 53.4 Å². The molecule has 1 N–H and O–H groups in total. The Morgan fingerprint density at radius 1 is 0.812 bits per heavy atom. The fourth-order valence-electron chi connectivity index (χ4n) is 4.57. The summed E-state index contributed by atoms with van der Waals surface area (Å²) >= 11 is 0. The lowest BCUT2D eigenvalue weighted by Gasteiger charge is -2.27. The highest BCUT2D eigenvalue weighted by molar-refractivity contribution is 7.89. The SMILES string of the molecule is O=C(NCc1ccccc1CN1CCCCC1)c1cccc(S(=O)(=O)N2CCCCC2)c1. The van der Waals surface area contributed by atoms with Crippen molar-refractivity contribution < 1.29 is 13.2 Å². The van der Waals surface area contributed by atoms with E-state index >= 15 is 0 Å². The van der Waals surface area contributed by atoms with Gasteiger partial charge in [-0.15, -0.1) is 0 Å². The number of carbonyl (C=O) groups excluding carboxylic acids is 1. The Morgan fingerprint density at radius 3 is 2.19 bits per heavy atom. The van der Waals surface area contributed by atoms with Crippen molar-refractivity contribution in [2.75, 3.05) is 26.2 Å². The molecule has 0 aliphatic carbocycles. The third-order valence-corrected chi connectivity index (χ3v) is 8.34. The summed E-state index contributed by atoms with van der Waals surface area (Å²) in [7, 11) is -3.56. The standard InChI is InChI=1S/C25H33N3O3S/c29-25(21-12-9-13-24(18-21)32(30,31)28-16-7-2-8-17-28)26-19-22-10-3-4-11-23(22)20-27-14-5-1-6-15-27/h3-4,9-13,18H,1-2,5-8,14-17,19-20H2,(H,26,29). The number of benzene rings is 2.